The number of benzene rings is 2. The number of fused-ring (bicyclic) bond motifs is 1. The Balaban J connectivity index is 1.70. The van der Waals surface area contributed by atoms with Gasteiger partial charge in [0, 0.05) is 29.6 Å². The van der Waals surface area contributed by atoms with Crippen LogP contribution in [0.15, 0.2) is 54.7 Å². The molecule has 0 fully saturated rings. The van der Waals surface area contributed by atoms with Gasteiger partial charge in [-0.05, 0) is 36.0 Å². The first kappa shape index (κ1) is 19.7. The molecule has 5 nitrogen and oxygen atoms in total. The summed E-state index contributed by atoms with van der Waals surface area (Å²) in [6, 6.07) is 15.7. The van der Waals surface area contributed by atoms with Crippen LogP contribution in [0.4, 0.5) is 0 Å². The van der Waals surface area contributed by atoms with E-state index in [1.807, 2.05) is 48.7 Å². The molecule has 2 aromatic carbocycles. The highest BCUT2D eigenvalue weighted by Gasteiger charge is 2.17. The van der Waals surface area contributed by atoms with E-state index in [0.29, 0.717) is 12.8 Å². The molecule has 0 bridgehead atoms. The average Bonchev–Trinajstić information content (AvgIpc) is 3.09. The fourth-order valence-electron chi connectivity index (χ4n) is 3.59. The van der Waals surface area contributed by atoms with Gasteiger partial charge in [-0.25, -0.2) is 0 Å². The molecule has 1 atom stereocenters. The van der Waals surface area contributed by atoms with Gasteiger partial charge in [0.25, 0.3) is 0 Å². The number of para-hydroxylation sites is 1. The first-order chi connectivity index (χ1) is 13.6. The summed E-state index contributed by atoms with van der Waals surface area (Å²) >= 11 is 0. The SMILES string of the molecule is CCc1cccc2c(CC(=O)NC(CCC(=O)O)Cc3ccccc3)c[nH]c12. The number of hydrogen-bond acceptors (Lipinski definition) is 2. The number of aryl methyl sites for hydroxylation is 1. The molecule has 0 aliphatic rings. The number of carboxylic acids is 1. The normalized spacial score (nSPS) is 12.0. The summed E-state index contributed by atoms with van der Waals surface area (Å²) in [5.74, 6) is -0.940. The Morgan fingerprint density at radius 3 is 2.57 bits per heavy atom. The molecule has 0 aliphatic carbocycles. The fourth-order valence-corrected chi connectivity index (χ4v) is 3.59. The minimum atomic E-state index is -0.851. The van der Waals surface area contributed by atoms with E-state index >= 15 is 0 Å². The van der Waals surface area contributed by atoms with Gasteiger partial charge in [0.2, 0.25) is 5.91 Å². The Bertz CT molecular complexity index is 947. The van der Waals surface area contributed by atoms with Crippen molar-refractivity contribution in [2.75, 3.05) is 0 Å². The molecule has 1 aromatic heterocycles. The van der Waals surface area contributed by atoms with Gasteiger partial charge in [-0.1, -0.05) is 55.5 Å². The minimum absolute atomic E-state index is 0.0325. The van der Waals surface area contributed by atoms with Crippen LogP contribution in [0.3, 0.4) is 0 Å². The predicted octanol–water partition coefficient (Wildman–Crippen LogP) is 3.87. The van der Waals surface area contributed by atoms with Gasteiger partial charge >= 0.3 is 5.97 Å². The largest absolute Gasteiger partial charge is 0.481 e. The van der Waals surface area contributed by atoms with Gasteiger partial charge < -0.3 is 15.4 Å². The highest BCUT2D eigenvalue weighted by Crippen LogP contribution is 2.22. The van der Waals surface area contributed by atoms with Crippen LogP contribution in [0.1, 0.15) is 36.5 Å². The first-order valence-electron chi connectivity index (χ1n) is 9.69. The summed E-state index contributed by atoms with van der Waals surface area (Å²) in [5.41, 5.74) is 4.35. The maximum absolute atomic E-state index is 12.7. The van der Waals surface area contributed by atoms with Crippen molar-refractivity contribution < 1.29 is 14.7 Å². The van der Waals surface area contributed by atoms with E-state index < -0.39 is 5.97 Å². The van der Waals surface area contributed by atoms with Gasteiger partial charge in [-0.3, -0.25) is 9.59 Å². The van der Waals surface area contributed by atoms with Gasteiger partial charge in [0.15, 0.2) is 0 Å². The second-order valence-electron chi connectivity index (χ2n) is 7.07. The van der Waals surface area contributed by atoms with Crippen LogP contribution >= 0.6 is 0 Å². The highest BCUT2D eigenvalue weighted by molar-refractivity contribution is 5.90. The molecule has 3 aromatic rings. The molecule has 3 rings (SSSR count). The summed E-state index contributed by atoms with van der Waals surface area (Å²) in [5, 5.41) is 13.1. The van der Waals surface area contributed by atoms with Crippen molar-refractivity contribution >= 4 is 22.8 Å². The van der Waals surface area contributed by atoms with Gasteiger partial charge in [-0.2, -0.15) is 0 Å². The van der Waals surface area contributed by atoms with Crippen LogP contribution in [-0.2, 0) is 28.9 Å². The number of H-pyrrole nitrogens is 1. The van der Waals surface area contributed by atoms with E-state index in [-0.39, 0.29) is 24.8 Å². The number of aromatic nitrogens is 1. The lowest BCUT2D eigenvalue weighted by Crippen LogP contribution is -2.37. The van der Waals surface area contributed by atoms with E-state index in [1.165, 1.54) is 5.56 Å². The number of carbonyl (C=O) groups excluding carboxylic acids is 1. The molecule has 0 aliphatic heterocycles. The lowest BCUT2D eigenvalue weighted by Gasteiger charge is -2.18. The van der Waals surface area contributed by atoms with E-state index in [9.17, 15) is 9.59 Å². The summed E-state index contributed by atoms with van der Waals surface area (Å²) in [4.78, 5) is 27.0. The average molecular weight is 378 g/mol. The van der Waals surface area contributed by atoms with E-state index in [2.05, 4.69) is 23.3 Å². The monoisotopic (exact) mass is 378 g/mol. The number of aromatic amines is 1. The van der Waals surface area contributed by atoms with Crippen molar-refractivity contribution in [2.45, 2.75) is 45.1 Å². The summed E-state index contributed by atoms with van der Waals surface area (Å²) in [7, 11) is 0. The van der Waals surface area contributed by atoms with Gasteiger partial charge in [-0.15, -0.1) is 0 Å². The summed E-state index contributed by atoms with van der Waals surface area (Å²) in [6.45, 7) is 2.11. The Kier molecular flexibility index (Phi) is 6.48. The minimum Gasteiger partial charge on any atom is -0.481 e. The van der Waals surface area contributed by atoms with E-state index in [4.69, 9.17) is 5.11 Å². The third-order valence-electron chi connectivity index (χ3n) is 5.02. The highest BCUT2D eigenvalue weighted by atomic mass is 16.4. The summed E-state index contributed by atoms with van der Waals surface area (Å²) in [6.07, 6.45) is 4.15. The maximum atomic E-state index is 12.7. The van der Waals surface area contributed by atoms with Crippen molar-refractivity contribution in [3.05, 3.63) is 71.4 Å². The molecule has 3 N–H and O–H groups in total. The van der Waals surface area contributed by atoms with Crippen molar-refractivity contribution in [3.8, 4) is 0 Å². The Hall–Kier alpha value is -3.08. The zero-order chi connectivity index (χ0) is 19.9. The Morgan fingerprint density at radius 1 is 1.07 bits per heavy atom. The second kappa shape index (κ2) is 9.22. The van der Waals surface area contributed by atoms with Crippen LogP contribution in [0.2, 0.25) is 0 Å². The maximum Gasteiger partial charge on any atom is 0.303 e. The quantitative estimate of drug-likeness (QED) is 0.529. The zero-order valence-electron chi connectivity index (χ0n) is 16.1. The number of hydrogen-bond donors (Lipinski definition) is 3. The number of nitrogens with one attached hydrogen (secondary N) is 2. The van der Waals surface area contributed by atoms with Crippen LogP contribution in [-0.4, -0.2) is 28.0 Å². The molecule has 1 unspecified atom stereocenters. The molecule has 1 heterocycles. The third kappa shape index (κ3) is 5.00. The topological polar surface area (TPSA) is 82.2 Å². The molecule has 5 heteroatoms. The van der Waals surface area contributed by atoms with E-state index in [0.717, 1.165) is 28.5 Å². The Labute approximate surface area is 164 Å². The molecule has 146 valence electrons. The molecular formula is C23H26N2O3. The van der Waals surface area contributed by atoms with Crippen molar-refractivity contribution in [3.63, 3.8) is 0 Å². The molecule has 1 amide bonds. The molecule has 0 radical (unpaired) electrons. The number of amides is 1. The van der Waals surface area contributed by atoms with Crippen LogP contribution in [0, 0.1) is 0 Å². The molecule has 28 heavy (non-hydrogen) atoms. The number of aliphatic carboxylic acids is 1. The molecule has 0 spiro atoms. The lowest BCUT2D eigenvalue weighted by atomic mass is 10.0. The molecule has 0 saturated carbocycles. The van der Waals surface area contributed by atoms with Crippen LogP contribution in [0.25, 0.3) is 10.9 Å². The lowest BCUT2D eigenvalue weighted by molar-refractivity contribution is -0.137. The number of rotatable bonds is 9. The van der Waals surface area contributed by atoms with Crippen LogP contribution in [0.5, 0.6) is 0 Å². The third-order valence-corrected chi connectivity index (χ3v) is 5.02. The standard InChI is InChI=1S/C23H26N2O3/c1-2-17-9-6-10-20-18(15-24-23(17)20)14-21(26)25-19(11-12-22(27)28)13-16-7-4-3-5-8-16/h3-10,15,19,24H,2,11-14H2,1H3,(H,25,26)(H,27,28). The Morgan fingerprint density at radius 2 is 1.86 bits per heavy atom. The van der Waals surface area contributed by atoms with Crippen LogP contribution < -0.4 is 5.32 Å². The summed E-state index contributed by atoms with van der Waals surface area (Å²) < 4.78 is 0. The van der Waals surface area contributed by atoms with Crippen molar-refractivity contribution in [1.82, 2.24) is 10.3 Å². The van der Waals surface area contributed by atoms with Gasteiger partial charge in [0.05, 0.1) is 6.42 Å². The number of carbonyl (C=O) groups is 2. The second-order valence-corrected chi connectivity index (χ2v) is 7.07. The fraction of sp³-hybridized carbons (Fsp3) is 0.304. The first-order valence-corrected chi connectivity index (χ1v) is 9.69. The number of carboxylic acid groups (broad SMARTS) is 1. The molecule has 0 saturated heterocycles. The predicted molar refractivity (Wildman–Crippen MR) is 110 cm³/mol. The van der Waals surface area contributed by atoms with E-state index in [1.54, 1.807) is 0 Å². The van der Waals surface area contributed by atoms with Gasteiger partial charge in [0.1, 0.15) is 0 Å². The van der Waals surface area contributed by atoms with Crippen molar-refractivity contribution in [1.29, 1.82) is 0 Å². The van der Waals surface area contributed by atoms with Crippen molar-refractivity contribution in [2.24, 2.45) is 0 Å². The smallest absolute Gasteiger partial charge is 0.303 e. The molecular weight excluding hydrogens is 352 g/mol. The zero-order valence-corrected chi connectivity index (χ0v) is 16.1.